The number of nitrogens with zero attached hydrogens (tertiary/aromatic N) is 1. The molecule has 0 spiro atoms. The van der Waals surface area contributed by atoms with Crippen molar-refractivity contribution in [1.82, 2.24) is 9.97 Å². The van der Waals surface area contributed by atoms with E-state index in [9.17, 15) is 0 Å². The van der Waals surface area contributed by atoms with Gasteiger partial charge in [0.25, 0.3) is 6.01 Å². The number of nitrogen functional groups attached to an aromatic ring is 1. The summed E-state index contributed by atoms with van der Waals surface area (Å²) in [6.45, 7) is 0. The van der Waals surface area contributed by atoms with E-state index in [1.165, 1.54) is 0 Å². The zero-order valence-corrected chi connectivity index (χ0v) is 10.4. The Balaban J connectivity index is 1.87. The highest BCUT2D eigenvalue weighted by atomic mass is 16.5. The van der Waals surface area contributed by atoms with Crippen LogP contribution >= 0.6 is 0 Å². The number of anilines is 1. The largest absolute Gasteiger partial charge is 0.497 e. The summed E-state index contributed by atoms with van der Waals surface area (Å²) in [5.41, 5.74) is 8.07. The minimum absolute atomic E-state index is 0.436. The second kappa shape index (κ2) is 4.53. The Morgan fingerprint density at radius 3 is 2.53 bits per heavy atom. The molecule has 3 N–H and O–H groups in total. The van der Waals surface area contributed by atoms with Gasteiger partial charge in [0.15, 0.2) is 0 Å². The van der Waals surface area contributed by atoms with Crippen LogP contribution in [0.2, 0.25) is 0 Å². The maximum absolute atomic E-state index is 5.72. The number of ether oxygens (including phenoxy) is 2. The first-order valence-electron chi connectivity index (χ1n) is 5.82. The van der Waals surface area contributed by atoms with Crippen molar-refractivity contribution in [3.8, 4) is 17.5 Å². The van der Waals surface area contributed by atoms with E-state index in [2.05, 4.69) is 9.97 Å². The summed E-state index contributed by atoms with van der Waals surface area (Å²) in [5.74, 6) is 1.47. The average molecular weight is 255 g/mol. The number of methoxy groups -OCH3 is 1. The van der Waals surface area contributed by atoms with Gasteiger partial charge in [0.2, 0.25) is 0 Å². The van der Waals surface area contributed by atoms with Crippen LogP contribution in [0.4, 0.5) is 5.69 Å². The third-order valence-electron chi connectivity index (χ3n) is 2.76. The summed E-state index contributed by atoms with van der Waals surface area (Å²) >= 11 is 0. The van der Waals surface area contributed by atoms with Crippen molar-refractivity contribution in [2.75, 3.05) is 12.8 Å². The van der Waals surface area contributed by atoms with Crippen molar-refractivity contribution in [2.45, 2.75) is 0 Å². The highest BCUT2D eigenvalue weighted by Gasteiger charge is 2.05. The molecule has 0 bridgehead atoms. The van der Waals surface area contributed by atoms with Gasteiger partial charge in [0.05, 0.1) is 18.1 Å². The van der Waals surface area contributed by atoms with E-state index in [1.54, 1.807) is 13.2 Å². The van der Waals surface area contributed by atoms with Gasteiger partial charge < -0.3 is 20.2 Å². The molecule has 0 aliphatic rings. The van der Waals surface area contributed by atoms with Gasteiger partial charge in [0, 0.05) is 5.69 Å². The van der Waals surface area contributed by atoms with Crippen LogP contribution in [0, 0.1) is 0 Å². The number of hydrogen-bond donors (Lipinski definition) is 2. The standard InChI is InChI=1S/C14H13N3O2/c1-18-10-3-5-11(6-4-10)19-14-16-12-7-2-9(15)8-13(12)17-14/h2-8H,15H2,1H3,(H,16,17). The molecule has 0 saturated carbocycles. The third-order valence-corrected chi connectivity index (χ3v) is 2.76. The zero-order valence-electron chi connectivity index (χ0n) is 10.4. The van der Waals surface area contributed by atoms with Gasteiger partial charge in [-0.2, -0.15) is 4.98 Å². The van der Waals surface area contributed by atoms with E-state index in [0.29, 0.717) is 17.4 Å². The van der Waals surface area contributed by atoms with Gasteiger partial charge in [-0.25, -0.2) is 0 Å². The van der Waals surface area contributed by atoms with Crippen molar-refractivity contribution in [1.29, 1.82) is 0 Å². The number of H-pyrrole nitrogens is 1. The molecule has 0 radical (unpaired) electrons. The maximum atomic E-state index is 5.72. The lowest BCUT2D eigenvalue weighted by molar-refractivity contribution is 0.411. The summed E-state index contributed by atoms with van der Waals surface area (Å²) in [5, 5.41) is 0. The molecular formula is C14H13N3O2. The molecule has 5 heteroatoms. The Hall–Kier alpha value is -2.69. The topological polar surface area (TPSA) is 73.2 Å². The van der Waals surface area contributed by atoms with Crippen LogP contribution in [-0.2, 0) is 0 Å². The fourth-order valence-corrected chi connectivity index (χ4v) is 1.81. The maximum Gasteiger partial charge on any atom is 0.300 e. The van der Waals surface area contributed by atoms with Crippen molar-refractivity contribution in [3.63, 3.8) is 0 Å². The van der Waals surface area contributed by atoms with Gasteiger partial charge in [-0.05, 0) is 42.5 Å². The number of aromatic amines is 1. The van der Waals surface area contributed by atoms with Crippen LogP contribution in [0.3, 0.4) is 0 Å². The van der Waals surface area contributed by atoms with Crippen LogP contribution < -0.4 is 15.2 Å². The molecule has 3 aromatic rings. The van der Waals surface area contributed by atoms with Gasteiger partial charge in [-0.3, -0.25) is 0 Å². The van der Waals surface area contributed by atoms with Crippen LogP contribution in [-0.4, -0.2) is 17.1 Å². The van der Waals surface area contributed by atoms with Gasteiger partial charge in [-0.1, -0.05) is 0 Å². The number of hydrogen-bond acceptors (Lipinski definition) is 4. The van der Waals surface area contributed by atoms with Crippen molar-refractivity contribution in [2.24, 2.45) is 0 Å². The predicted molar refractivity (Wildman–Crippen MR) is 73.6 cm³/mol. The number of aromatic nitrogens is 2. The lowest BCUT2D eigenvalue weighted by Gasteiger charge is -2.02. The Kier molecular flexibility index (Phi) is 2.72. The van der Waals surface area contributed by atoms with Crippen LogP contribution in [0.1, 0.15) is 0 Å². The minimum Gasteiger partial charge on any atom is -0.497 e. The minimum atomic E-state index is 0.436. The highest BCUT2D eigenvalue weighted by Crippen LogP contribution is 2.24. The molecule has 0 atom stereocenters. The molecule has 3 rings (SSSR count). The number of nitrogens with two attached hydrogens (primary N) is 1. The van der Waals surface area contributed by atoms with E-state index in [1.807, 2.05) is 36.4 Å². The number of nitrogens with one attached hydrogen (secondary N) is 1. The summed E-state index contributed by atoms with van der Waals surface area (Å²) in [7, 11) is 1.62. The van der Waals surface area contributed by atoms with E-state index in [-0.39, 0.29) is 0 Å². The molecule has 0 fully saturated rings. The summed E-state index contributed by atoms with van der Waals surface area (Å²) < 4.78 is 10.7. The molecule has 0 amide bonds. The van der Waals surface area contributed by atoms with Gasteiger partial charge in [0.1, 0.15) is 11.5 Å². The molecule has 0 unspecified atom stereocenters. The van der Waals surface area contributed by atoms with Gasteiger partial charge >= 0.3 is 0 Å². The van der Waals surface area contributed by atoms with Crippen LogP contribution in [0.15, 0.2) is 42.5 Å². The number of fused-ring (bicyclic) bond motifs is 1. The molecule has 1 aromatic heterocycles. The van der Waals surface area contributed by atoms with E-state index >= 15 is 0 Å². The summed E-state index contributed by atoms with van der Waals surface area (Å²) in [6, 6.07) is 13.2. The normalized spacial score (nSPS) is 10.6. The average Bonchev–Trinajstić information content (AvgIpc) is 2.81. The number of rotatable bonds is 3. The molecule has 96 valence electrons. The fraction of sp³-hybridized carbons (Fsp3) is 0.0714. The second-order valence-electron chi connectivity index (χ2n) is 4.10. The van der Waals surface area contributed by atoms with E-state index in [0.717, 1.165) is 16.8 Å². The first-order chi connectivity index (χ1) is 9.24. The van der Waals surface area contributed by atoms with E-state index in [4.69, 9.17) is 15.2 Å². The molecule has 5 nitrogen and oxygen atoms in total. The molecule has 19 heavy (non-hydrogen) atoms. The van der Waals surface area contributed by atoms with Crippen molar-refractivity contribution < 1.29 is 9.47 Å². The summed E-state index contributed by atoms with van der Waals surface area (Å²) in [6.07, 6.45) is 0. The van der Waals surface area contributed by atoms with Gasteiger partial charge in [-0.15, -0.1) is 0 Å². The first kappa shape index (κ1) is 11.4. The predicted octanol–water partition coefficient (Wildman–Crippen LogP) is 2.95. The SMILES string of the molecule is COc1ccc(Oc2nc3ccc(N)cc3[nH]2)cc1. The second-order valence-corrected chi connectivity index (χ2v) is 4.10. The zero-order chi connectivity index (χ0) is 13.2. The fourth-order valence-electron chi connectivity index (χ4n) is 1.81. The molecule has 0 aliphatic carbocycles. The molecule has 0 saturated heterocycles. The highest BCUT2D eigenvalue weighted by molar-refractivity contribution is 5.79. The molecular weight excluding hydrogens is 242 g/mol. The van der Waals surface area contributed by atoms with Crippen molar-refractivity contribution in [3.05, 3.63) is 42.5 Å². The van der Waals surface area contributed by atoms with E-state index < -0.39 is 0 Å². The Morgan fingerprint density at radius 2 is 1.79 bits per heavy atom. The smallest absolute Gasteiger partial charge is 0.300 e. The lowest BCUT2D eigenvalue weighted by Crippen LogP contribution is -1.87. The molecule has 1 heterocycles. The lowest BCUT2D eigenvalue weighted by atomic mass is 10.3. The quantitative estimate of drug-likeness (QED) is 0.706. The monoisotopic (exact) mass is 255 g/mol. The van der Waals surface area contributed by atoms with Crippen LogP contribution in [0.5, 0.6) is 17.5 Å². The Labute approximate surface area is 110 Å². The first-order valence-corrected chi connectivity index (χ1v) is 5.82. The Bertz CT molecular complexity index is 704. The molecule has 2 aromatic carbocycles. The molecule has 0 aliphatic heterocycles. The number of imidazole rings is 1. The number of benzene rings is 2. The summed E-state index contributed by atoms with van der Waals surface area (Å²) in [4.78, 5) is 7.40. The third kappa shape index (κ3) is 2.30. The Morgan fingerprint density at radius 1 is 1.05 bits per heavy atom. The van der Waals surface area contributed by atoms with Crippen molar-refractivity contribution >= 4 is 16.7 Å². The van der Waals surface area contributed by atoms with Crippen LogP contribution in [0.25, 0.3) is 11.0 Å².